The van der Waals surface area contributed by atoms with Gasteiger partial charge < -0.3 is 0 Å². The molecular formula is C7H20N4. The SMILES string of the molecule is CC.CN1CN(C)CN(N)C1. The zero-order valence-electron chi connectivity index (χ0n) is 8.04. The zero-order valence-corrected chi connectivity index (χ0v) is 8.04. The Morgan fingerprint density at radius 1 is 0.909 bits per heavy atom. The average Bonchev–Trinajstić information content (AvgIpc) is 1.88. The van der Waals surface area contributed by atoms with Gasteiger partial charge in [-0.25, -0.2) is 5.01 Å². The number of hydrogen-bond acceptors (Lipinski definition) is 4. The molecule has 0 bridgehead atoms. The van der Waals surface area contributed by atoms with Crippen molar-refractivity contribution in [3.63, 3.8) is 0 Å². The first-order valence-electron chi connectivity index (χ1n) is 4.05. The Hall–Kier alpha value is -0.160. The molecule has 11 heavy (non-hydrogen) atoms. The monoisotopic (exact) mass is 160 g/mol. The molecule has 68 valence electrons. The number of hydrazine groups is 1. The fourth-order valence-corrected chi connectivity index (χ4v) is 1.17. The molecule has 1 saturated heterocycles. The molecule has 0 atom stereocenters. The molecule has 0 aromatic heterocycles. The van der Waals surface area contributed by atoms with Crippen molar-refractivity contribution in [2.45, 2.75) is 13.8 Å². The van der Waals surface area contributed by atoms with Gasteiger partial charge in [-0.1, -0.05) is 13.8 Å². The quantitative estimate of drug-likeness (QED) is 0.504. The maximum atomic E-state index is 5.57. The molecule has 0 amide bonds. The van der Waals surface area contributed by atoms with E-state index in [1.165, 1.54) is 0 Å². The van der Waals surface area contributed by atoms with E-state index in [0.717, 1.165) is 20.0 Å². The van der Waals surface area contributed by atoms with Crippen molar-refractivity contribution in [1.29, 1.82) is 0 Å². The summed E-state index contributed by atoms with van der Waals surface area (Å²) in [5, 5.41) is 1.78. The van der Waals surface area contributed by atoms with Gasteiger partial charge >= 0.3 is 0 Å². The van der Waals surface area contributed by atoms with Crippen LogP contribution in [0.1, 0.15) is 13.8 Å². The Morgan fingerprint density at radius 3 is 1.55 bits per heavy atom. The predicted octanol–water partition coefficient (Wildman–Crippen LogP) is -0.0620. The van der Waals surface area contributed by atoms with Gasteiger partial charge in [0.15, 0.2) is 0 Å². The van der Waals surface area contributed by atoms with Crippen LogP contribution in [0, 0.1) is 0 Å². The van der Waals surface area contributed by atoms with E-state index in [4.69, 9.17) is 5.84 Å². The van der Waals surface area contributed by atoms with Gasteiger partial charge in [0.2, 0.25) is 0 Å². The molecule has 1 rings (SSSR count). The fraction of sp³-hybridized carbons (Fsp3) is 1.00. The van der Waals surface area contributed by atoms with Crippen LogP contribution in [0.3, 0.4) is 0 Å². The lowest BCUT2D eigenvalue weighted by Crippen LogP contribution is -2.54. The molecule has 1 aliphatic heterocycles. The number of nitrogens with zero attached hydrogens (tertiary/aromatic N) is 3. The Morgan fingerprint density at radius 2 is 1.27 bits per heavy atom. The molecule has 0 aromatic carbocycles. The first-order valence-corrected chi connectivity index (χ1v) is 4.05. The molecule has 1 heterocycles. The van der Waals surface area contributed by atoms with Gasteiger partial charge in [0.25, 0.3) is 0 Å². The van der Waals surface area contributed by atoms with Crippen molar-refractivity contribution < 1.29 is 0 Å². The van der Waals surface area contributed by atoms with Crippen LogP contribution >= 0.6 is 0 Å². The Kier molecular flexibility index (Phi) is 5.41. The van der Waals surface area contributed by atoms with Gasteiger partial charge in [-0.05, 0) is 14.1 Å². The van der Waals surface area contributed by atoms with Crippen LogP contribution in [-0.4, -0.2) is 48.9 Å². The van der Waals surface area contributed by atoms with Crippen molar-refractivity contribution in [2.24, 2.45) is 5.84 Å². The standard InChI is InChI=1S/C5H14N4.C2H6/c1-7-3-8(2)5-9(6)4-7;1-2/h3-6H2,1-2H3;1-2H3. The summed E-state index contributed by atoms with van der Waals surface area (Å²) >= 11 is 0. The molecule has 0 unspecified atom stereocenters. The summed E-state index contributed by atoms with van der Waals surface area (Å²) in [5.74, 6) is 5.57. The fourth-order valence-electron chi connectivity index (χ4n) is 1.17. The third-order valence-electron chi connectivity index (χ3n) is 1.33. The van der Waals surface area contributed by atoms with E-state index in [0.29, 0.717) is 0 Å². The minimum Gasteiger partial charge on any atom is -0.279 e. The largest absolute Gasteiger partial charge is 0.279 e. The zero-order chi connectivity index (χ0) is 8.85. The van der Waals surface area contributed by atoms with E-state index in [1.54, 1.807) is 5.01 Å². The summed E-state index contributed by atoms with van der Waals surface area (Å²) in [5.41, 5.74) is 0. The van der Waals surface area contributed by atoms with E-state index in [9.17, 15) is 0 Å². The summed E-state index contributed by atoms with van der Waals surface area (Å²) in [6, 6.07) is 0. The third kappa shape index (κ3) is 4.31. The lowest BCUT2D eigenvalue weighted by molar-refractivity contribution is -0.00163. The average molecular weight is 160 g/mol. The smallest absolute Gasteiger partial charge is 0.0666 e. The molecule has 0 saturated carbocycles. The first kappa shape index (κ1) is 10.8. The second kappa shape index (κ2) is 5.49. The Labute approximate surface area is 69.5 Å². The van der Waals surface area contributed by atoms with Crippen molar-refractivity contribution in [3.8, 4) is 0 Å². The summed E-state index contributed by atoms with van der Waals surface area (Å²) in [4.78, 5) is 4.31. The molecule has 4 nitrogen and oxygen atoms in total. The molecule has 1 aliphatic rings. The second-order valence-corrected chi connectivity index (χ2v) is 2.73. The van der Waals surface area contributed by atoms with Crippen LogP contribution in [-0.2, 0) is 0 Å². The topological polar surface area (TPSA) is 35.7 Å². The highest BCUT2D eigenvalue weighted by Crippen LogP contribution is 1.96. The van der Waals surface area contributed by atoms with Crippen molar-refractivity contribution in [3.05, 3.63) is 0 Å². The van der Waals surface area contributed by atoms with E-state index < -0.39 is 0 Å². The van der Waals surface area contributed by atoms with Gasteiger partial charge in [0.05, 0.1) is 20.0 Å². The van der Waals surface area contributed by atoms with E-state index in [1.807, 2.05) is 13.8 Å². The Bertz CT molecular complexity index is 71.4. The normalized spacial score (nSPS) is 22.6. The third-order valence-corrected chi connectivity index (χ3v) is 1.33. The lowest BCUT2D eigenvalue weighted by atomic mass is 10.6. The molecule has 0 aromatic rings. The van der Waals surface area contributed by atoms with Gasteiger partial charge in [0, 0.05) is 0 Å². The van der Waals surface area contributed by atoms with Crippen LogP contribution in [0.2, 0.25) is 0 Å². The predicted molar refractivity (Wildman–Crippen MR) is 47.5 cm³/mol. The van der Waals surface area contributed by atoms with Crippen LogP contribution in [0.15, 0.2) is 0 Å². The van der Waals surface area contributed by atoms with Gasteiger partial charge in [0.1, 0.15) is 0 Å². The van der Waals surface area contributed by atoms with Crippen LogP contribution in [0.4, 0.5) is 0 Å². The summed E-state index contributed by atoms with van der Waals surface area (Å²) < 4.78 is 0. The van der Waals surface area contributed by atoms with Crippen molar-refractivity contribution >= 4 is 0 Å². The van der Waals surface area contributed by atoms with Crippen molar-refractivity contribution in [2.75, 3.05) is 34.1 Å². The molecule has 0 spiro atoms. The second-order valence-electron chi connectivity index (χ2n) is 2.73. The minimum atomic E-state index is 0.865. The van der Waals surface area contributed by atoms with Crippen LogP contribution in [0.5, 0.6) is 0 Å². The Balaban J connectivity index is 0.000000461. The van der Waals surface area contributed by atoms with Crippen LogP contribution in [0.25, 0.3) is 0 Å². The van der Waals surface area contributed by atoms with Gasteiger partial charge in [-0.3, -0.25) is 15.6 Å². The molecular weight excluding hydrogens is 140 g/mol. The molecule has 0 aliphatic carbocycles. The number of nitrogens with two attached hydrogens (primary N) is 1. The van der Waals surface area contributed by atoms with Crippen LogP contribution < -0.4 is 5.84 Å². The minimum absolute atomic E-state index is 0.865. The molecule has 1 fully saturated rings. The molecule has 4 heteroatoms. The van der Waals surface area contributed by atoms with Gasteiger partial charge in [-0.2, -0.15) is 0 Å². The maximum absolute atomic E-state index is 5.57. The number of rotatable bonds is 0. The van der Waals surface area contributed by atoms with Gasteiger partial charge in [-0.15, -0.1) is 0 Å². The van der Waals surface area contributed by atoms with E-state index >= 15 is 0 Å². The highest BCUT2D eigenvalue weighted by Gasteiger charge is 2.13. The summed E-state index contributed by atoms with van der Waals surface area (Å²) in [6.07, 6.45) is 0. The van der Waals surface area contributed by atoms with Crippen molar-refractivity contribution in [1.82, 2.24) is 14.8 Å². The highest BCUT2D eigenvalue weighted by molar-refractivity contribution is 4.57. The first-order chi connectivity index (χ1) is 5.18. The van der Waals surface area contributed by atoms with E-state index in [2.05, 4.69) is 23.9 Å². The lowest BCUT2D eigenvalue weighted by Gasteiger charge is -2.36. The maximum Gasteiger partial charge on any atom is 0.0666 e. The number of hydrogen-bond donors (Lipinski definition) is 1. The highest BCUT2D eigenvalue weighted by atomic mass is 15.6. The summed E-state index contributed by atoms with van der Waals surface area (Å²) in [6.45, 7) is 6.74. The van der Waals surface area contributed by atoms with E-state index in [-0.39, 0.29) is 0 Å². The summed E-state index contributed by atoms with van der Waals surface area (Å²) in [7, 11) is 4.10. The molecule has 0 radical (unpaired) electrons. The molecule has 2 N–H and O–H groups in total.